The van der Waals surface area contributed by atoms with Gasteiger partial charge in [0.1, 0.15) is 11.4 Å². The summed E-state index contributed by atoms with van der Waals surface area (Å²) in [7, 11) is 0. The Labute approximate surface area is 162 Å². The number of pyridine rings is 1. The minimum Gasteiger partial charge on any atom is -0.376 e. The quantitative estimate of drug-likeness (QED) is 0.781. The van der Waals surface area contributed by atoms with Crippen molar-refractivity contribution in [3.05, 3.63) is 65.5 Å². The van der Waals surface area contributed by atoms with Crippen molar-refractivity contribution in [2.45, 2.75) is 44.5 Å². The first-order valence-corrected chi connectivity index (χ1v) is 9.38. The minimum absolute atomic E-state index is 0.0806. The van der Waals surface area contributed by atoms with Gasteiger partial charge in [-0.25, -0.2) is 4.98 Å². The second-order valence-corrected chi connectivity index (χ2v) is 7.11. The molecule has 1 saturated carbocycles. The summed E-state index contributed by atoms with van der Waals surface area (Å²) in [5, 5.41) is 2.83. The molecule has 28 heavy (non-hydrogen) atoms. The summed E-state index contributed by atoms with van der Waals surface area (Å²) >= 11 is 0. The lowest BCUT2D eigenvalue weighted by Gasteiger charge is -2.29. The van der Waals surface area contributed by atoms with Crippen molar-refractivity contribution in [3.8, 4) is 0 Å². The van der Waals surface area contributed by atoms with Crippen LogP contribution in [0.25, 0.3) is 0 Å². The molecule has 1 amide bonds. The van der Waals surface area contributed by atoms with E-state index in [0.29, 0.717) is 19.1 Å². The van der Waals surface area contributed by atoms with Crippen LogP contribution in [0.5, 0.6) is 0 Å². The lowest BCUT2D eigenvalue weighted by atomic mass is 9.86. The predicted molar refractivity (Wildman–Crippen MR) is 98.5 cm³/mol. The summed E-state index contributed by atoms with van der Waals surface area (Å²) in [5.74, 6) is -0.251. The van der Waals surface area contributed by atoms with Gasteiger partial charge in [-0.15, -0.1) is 0 Å². The molecule has 1 aromatic heterocycles. The van der Waals surface area contributed by atoms with Gasteiger partial charge in [-0.2, -0.15) is 13.2 Å². The Morgan fingerprint density at radius 1 is 1.11 bits per heavy atom. The van der Waals surface area contributed by atoms with E-state index in [-0.39, 0.29) is 11.7 Å². The average Bonchev–Trinajstić information content (AvgIpc) is 2.68. The molecule has 1 fully saturated rings. The predicted octanol–water partition coefficient (Wildman–Crippen LogP) is 4.61. The first-order chi connectivity index (χ1) is 13.4. The second kappa shape index (κ2) is 9.19. The maximum Gasteiger partial charge on any atom is 0.433 e. The van der Waals surface area contributed by atoms with Gasteiger partial charge in [0.2, 0.25) is 0 Å². The first-order valence-electron chi connectivity index (χ1n) is 9.38. The number of alkyl halides is 3. The standard InChI is InChI=1S/C21H23F3N2O2/c22-21(23,24)19-11-5-10-18(26-19)20(27)25-17-9-4-8-16(12-17)14-28-13-15-6-2-1-3-7-15/h1-3,5-7,10-11,16-17H,4,8-9,12-14H2,(H,25,27). The van der Waals surface area contributed by atoms with E-state index in [0.717, 1.165) is 37.3 Å². The van der Waals surface area contributed by atoms with Crippen molar-refractivity contribution in [3.63, 3.8) is 0 Å². The van der Waals surface area contributed by atoms with Gasteiger partial charge in [-0.05, 0) is 42.9 Å². The molecular weight excluding hydrogens is 369 g/mol. The third-order valence-corrected chi connectivity index (χ3v) is 4.86. The minimum atomic E-state index is -4.57. The van der Waals surface area contributed by atoms with Gasteiger partial charge < -0.3 is 10.1 Å². The third-order valence-electron chi connectivity index (χ3n) is 4.86. The molecule has 2 unspecified atom stereocenters. The smallest absolute Gasteiger partial charge is 0.376 e. The van der Waals surface area contributed by atoms with Crippen LogP contribution in [-0.2, 0) is 17.5 Å². The van der Waals surface area contributed by atoms with Crippen LogP contribution >= 0.6 is 0 Å². The first kappa shape index (κ1) is 20.3. The van der Waals surface area contributed by atoms with E-state index in [4.69, 9.17) is 4.74 Å². The van der Waals surface area contributed by atoms with E-state index in [1.54, 1.807) is 0 Å². The van der Waals surface area contributed by atoms with Crippen molar-refractivity contribution in [1.82, 2.24) is 10.3 Å². The molecule has 4 nitrogen and oxygen atoms in total. The Kier molecular flexibility index (Phi) is 6.67. The summed E-state index contributed by atoms with van der Waals surface area (Å²) in [5.41, 5.74) is -0.160. The number of hydrogen-bond acceptors (Lipinski definition) is 3. The number of halogens is 3. The molecule has 1 N–H and O–H groups in total. The van der Waals surface area contributed by atoms with Gasteiger partial charge in [0.05, 0.1) is 6.61 Å². The van der Waals surface area contributed by atoms with Gasteiger partial charge in [0, 0.05) is 12.6 Å². The Bertz CT molecular complexity index is 781. The van der Waals surface area contributed by atoms with Crippen LogP contribution in [0, 0.1) is 5.92 Å². The van der Waals surface area contributed by atoms with E-state index in [1.807, 2.05) is 30.3 Å². The van der Waals surface area contributed by atoms with Crippen molar-refractivity contribution < 1.29 is 22.7 Å². The van der Waals surface area contributed by atoms with Gasteiger partial charge in [0.25, 0.3) is 5.91 Å². The van der Waals surface area contributed by atoms with Crippen LogP contribution in [-0.4, -0.2) is 23.5 Å². The van der Waals surface area contributed by atoms with Gasteiger partial charge >= 0.3 is 6.18 Å². The van der Waals surface area contributed by atoms with Crippen LogP contribution in [0.3, 0.4) is 0 Å². The molecule has 1 aliphatic rings. The fraction of sp³-hybridized carbons (Fsp3) is 0.429. The number of hydrogen-bond donors (Lipinski definition) is 1. The normalized spacial score (nSPS) is 20.0. The number of benzene rings is 1. The topological polar surface area (TPSA) is 51.2 Å². The summed E-state index contributed by atoms with van der Waals surface area (Å²) in [6, 6.07) is 13.2. The maximum atomic E-state index is 12.8. The lowest BCUT2D eigenvalue weighted by Crippen LogP contribution is -2.39. The fourth-order valence-electron chi connectivity index (χ4n) is 3.47. The second-order valence-electron chi connectivity index (χ2n) is 7.11. The molecule has 150 valence electrons. The van der Waals surface area contributed by atoms with E-state index in [2.05, 4.69) is 10.3 Å². The highest BCUT2D eigenvalue weighted by Gasteiger charge is 2.33. The zero-order chi connectivity index (χ0) is 20.0. The summed E-state index contributed by atoms with van der Waals surface area (Å²) < 4.78 is 44.1. The van der Waals surface area contributed by atoms with Crippen molar-refractivity contribution in [1.29, 1.82) is 0 Å². The molecule has 0 saturated heterocycles. The fourth-order valence-corrected chi connectivity index (χ4v) is 3.47. The van der Waals surface area contributed by atoms with E-state index < -0.39 is 17.8 Å². The molecule has 0 radical (unpaired) electrons. The van der Waals surface area contributed by atoms with Gasteiger partial charge in [-0.3, -0.25) is 4.79 Å². The van der Waals surface area contributed by atoms with Gasteiger partial charge in [0.15, 0.2) is 0 Å². The van der Waals surface area contributed by atoms with Crippen molar-refractivity contribution >= 4 is 5.91 Å². The molecule has 7 heteroatoms. The van der Waals surface area contributed by atoms with Crippen LogP contribution in [0.1, 0.15) is 47.4 Å². The number of carbonyl (C=O) groups is 1. The number of amides is 1. The SMILES string of the molecule is O=C(NC1CCCC(COCc2ccccc2)C1)c1cccc(C(F)(F)F)n1. The third kappa shape index (κ3) is 5.79. The molecular formula is C21H23F3N2O2. The van der Waals surface area contributed by atoms with E-state index >= 15 is 0 Å². The molecule has 1 aliphatic carbocycles. The van der Waals surface area contributed by atoms with Crippen molar-refractivity contribution in [2.24, 2.45) is 5.92 Å². The van der Waals surface area contributed by atoms with Crippen LogP contribution in [0.4, 0.5) is 13.2 Å². The van der Waals surface area contributed by atoms with Crippen LogP contribution < -0.4 is 5.32 Å². The highest BCUT2D eigenvalue weighted by Crippen LogP contribution is 2.28. The van der Waals surface area contributed by atoms with E-state index in [1.165, 1.54) is 12.1 Å². The Morgan fingerprint density at radius 2 is 1.89 bits per heavy atom. The number of ether oxygens (including phenoxy) is 1. The average molecular weight is 392 g/mol. The van der Waals surface area contributed by atoms with Crippen LogP contribution in [0.15, 0.2) is 48.5 Å². The van der Waals surface area contributed by atoms with Gasteiger partial charge in [-0.1, -0.05) is 42.8 Å². The molecule has 2 aromatic rings. The number of nitrogens with zero attached hydrogens (tertiary/aromatic N) is 1. The molecule has 3 rings (SSSR count). The molecule has 0 bridgehead atoms. The summed E-state index contributed by atoms with van der Waals surface area (Å²) in [6.07, 6.45) is -1.05. The van der Waals surface area contributed by atoms with Crippen LogP contribution in [0.2, 0.25) is 0 Å². The van der Waals surface area contributed by atoms with Crippen molar-refractivity contribution in [2.75, 3.05) is 6.61 Å². The molecule has 1 heterocycles. The Balaban J connectivity index is 1.50. The maximum absolute atomic E-state index is 12.8. The Morgan fingerprint density at radius 3 is 2.64 bits per heavy atom. The molecule has 0 aliphatic heterocycles. The highest BCUT2D eigenvalue weighted by atomic mass is 19.4. The number of aromatic nitrogens is 1. The summed E-state index contributed by atoms with van der Waals surface area (Å²) in [4.78, 5) is 15.8. The molecule has 2 atom stereocenters. The largest absolute Gasteiger partial charge is 0.433 e. The highest BCUT2D eigenvalue weighted by molar-refractivity contribution is 5.92. The number of carbonyl (C=O) groups excluding carboxylic acids is 1. The summed E-state index contributed by atoms with van der Waals surface area (Å²) in [6.45, 7) is 1.14. The molecule has 0 spiro atoms. The lowest BCUT2D eigenvalue weighted by molar-refractivity contribution is -0.141. The Hall–Kier alpha value is -2.41. The number of rotatable bonds is 6. The monoisotopic (exact) mass is 392 g/mol. The van der Waals surface area contributed by atoms with E-state index in [9.17, 15) is 18.0 Å². The zero-order valence-electron chi connectivity index (χ0n) is 15.4. The zero-order valence-corrected chi connectivity index (χ0v) is 15.4. The number of nitrogens with one attached hydrogen (secondary N) is 1. The molecule has 1 aromatic carbocycles.